The van der Waals surface area contributed by atoms with Gasteiger partial charge in [-0.15, -0.1) is 0 Å². The number of ether oxygens (including phenoxy) is 1. The van der Waals surface area contributed by atoms with Gasteiger partial charge in [-0.1, -0.05) is 39.3 Å². The fourth-order valence-electron chi connectivity index (χ4n) is 9.46. The summed E-state index contributed by atoms with van der Waals surface area (Å²) in [5.41, 5.74) is 2.28. The van der Waals surface area contributed by atoms with Gasteiger partial charge in [-0.05, 0) is 73.7 Å². The van der Waals surface area contributed by atoms with Gasteiger partial charge in [0.25, 0.3) is 5.91 Å². The van der Waals surface area contributed by atoms with E-state index in [0.717, 1.165) is 70.0 Å². The van der Waals surface area contributed by atoms with E-state index in [1.54, 1.807) is 30.5 Å². The molecule has 4 heterocycles. The van der Waals surface area contributed by atoms with Crippen LogP contribution >= 0.6 is 11.6 Å². The van der Waals surface area contributed by atoms with Gasteiger partial charge < -0.3 is 25.2 Å². The number of anilines is 2. The first-order valence-electron chi connectivity index (χ1n) is 20.1. The Balaban J connectivity index is 0.854. The van der Waals surface area contributed by atoms with Crippen molar-refractivity contribution in [3.05, 3.63) is 82.4 Å². The predicted molar refractivity (Wildman–Crippen MR) is 220 cm³/mol. The summed E-state index contributed by atoms with van der Waals surface area (Å²) in [6.45, 7) is 14.7. The molecule has 1 saturated carbocycles. The molecule has 4 N–H and O–H groups in total. The summed E-state index contributed by atoms with van der Waals surface area (Å²) in [4.78, 5) is 57.2. The number of benzene rings is 2. The van der Waals surface area contributed by atoms with E-state index in [1.165, 1.54) is 4.57 Å². The van der Waals surface area contributed by atoms with Crippen LogP contribution in [-0.2, 0) is 9.59 Å². The van der Waals surface area contributed by atoms with E-state index in [4.69, 9.17) is 21.7 Å². The third kappa shape index (κ3) is 8.42. The van der Waals surface area contributed by atoms with Crippen molar-refractivity contribution in [3.8, 4) is 11.8 Å². The molecule has 14 nitrogen and oxygen atoms in total. The number of halogens is 1. The maximum atomic E-state index is 13.5. The summed E-state index contributed by atoms with van der Waals surface area (Å²) in [6.07, 6.45) is 4.02. The first kappa shape index (κ1) is 40.8. The molecule has 15 heteroatoms. The van der Waals surface area contributed by atoms with Crippen molar-refractivity contribution in [1.29, 1.82) is 10.7 Å². The predicted octanol–water partition coefficient (Wildman–Crippen LogP) is 4.51. The minimum absolute atomic E-state index is 0.00627. The number of nitrogens with one attached hydrogen (secondary N) is 4. The number of pyridine rings is 1. The molecule has 58 heavy (non-hydrogen) atoms. The normalized spacial score (nSPS) is 23.3. The third-order valence-electron chi connectivity index (χ3n) is 12.5. The highest BCUT2D eigenvalue weighted by Gasteiger charge is 2.64. The Labute approximate surface area is 344 Å². The van der Waals surface area contributed by atoms with Crippen LogP contribution in [-0.4, -0.2) is 97.2 Å². The quantitative estimate of drug-likeness (QED) is 0.227. The minimum Gasteiger partial charge on any atom is -0.489 e. The van der Waals surface area contributed by atoms with Crippen molar-refractivity contribution in [2.45, 2.75) is 71.6 Å². The van der Waals surface area contributed by atoms with Gasteiger partial charge in [-0.2, -0.15) is 5.26 Å². The highest BCUT2D eigenvalue weighted by molar-refractivity contribution is 6.31. The number of rotatable bonds is 9. The van der Waals surface area contributed by atoms with Crippen LogP contribution < -0.4 is 36.0 Å². The van der Waals surface area contributed by atoms with Gasteiger partial charge in [0.1, 0.15) is 29.5 Å². The molecule has 3 aromatic rings. The topological polar surface area (TPSA) is 176 Å². The lowest BCUT2D eigenvalue weighted by Gasteiger charge is -2.63. The first-order chi connectivity index (χ1) is 27.6. The van der Waals surface area contributed by atoms with E-state index in [2.05, 4.69) is 64.4 Å². The van der Waals surface area contributed by atoms with Crippen LogP contribution in [0, 0.1) is 33.5 Å². The molecule has 1 aromatic heterocycles. The van der Waals surface area contributed by atoms with E-state index < -0.39 is 18.0 Å². The third-order valence-corrected chi connectivity index (χ3v) is 12.8. The van der Waals surface area contributed by atoms with E-state index in [9.17, 15) is 24.4 Å². The van der Waals surface area contributed by atoms with Crippen LogP contribution in [0.25, 0.3) is 0 Å². The van der Waals surface area contributed by atoms with Crippen LogP contribution in [0.3, 0.4) is 0 Å². The summed E-state index contributed by atoms with van der Waals surface area (Å²) in [5, 5.41) is 26.0. The molecule has 4 amide bonds. The average molecular weight is 810 g/mol. The molecule has 0 radical (unpaired) electrons. The van der Waals surface area contributed by atoms with Crippen molar-refractivity contribution < 1.29 is 23.9 Å². The summed E-state index contributed by atoms with van der Waals surface area (Å²) in [6, 6.07) is 17.0. The molecule has 4 aliphatic rings. The molecule has 1 atom stereocenters. The van der Waals surface area contributed by atoms with E-state index in [-0.39, 0.29) is 53.1 Å². The number of hydrogen-bond donors (Lipinski definition) is 4. The standard InChI is InChI=1S/C43H52ClN9O5/c1-42(2)39(43(3,4)40(42)58-32-11-7-29(24-45)33(44)23-32)49-37(55)28-5-8-30(9-6-28)51-17-15-27(16-18-51)25-50-19-21-52(22-20-50)31-10-13-35(46)53(26-31)41(57)47-34-12-14-36(54)48-38(34)56/h5-11,13,23,26-27,34,39-40,46H,12,14-22,25H2,1-4H3,(H,47,57)(H,49,55)(H,48,54,56)/t34?,39-,40-. The van der Waals surface area contributed by atoms with Crippen LogP contribution in [0.1, 0.15) is 69.3 Å². The van der Waals surface area contributed by atoms with Gasteiger partial charge in [0.15, 0.2) is 0 Å². The SMILES string of the molecule is CC1(C)[C@H](NC(=O)c2ccc(N3CCC(CN4CCN(c5ccc(=N)n(C(=O)NC6CCC(=O)NC6=O)c5)CC4)CC3)cc2)C(C)(C)[C@H]1Oc1ccc(C#N)c(Cl)c1. The summed E-state index contributed by atoms with van der Waals surface area (Å²) in [5.74, 6) is 0.196. The van der Waals surface area contributed by atoms with Crippen LogP contribution in [0.15, 0.2) is 60.8 Å². The molecule has 1 unspecified atom stereocenters. The van der Waals surface area contributed by atoms with Gasteiger partial charge in [-0.3, -0.25) is 34.6 Å². The molecule has 4 fully saturated rings. The van der Waals surface area contributed by atoms with Gasteiger partial charge in [0, 0.05) is 92.6 Å². The second kappa shape index (κ2) is 16.5. The maximum Gasteiger partial charge on any atom is 0.327 e. The second-order valence-corrected chi connectivity index (χ2v) is 17.6. The van der Waals surface area contributed by atoms with E-state index in [0.29, 0.717) is 27.8 Å². The summed E-state index contributed by atoms with van der Waals surface area (Å²) < 4.78 is 7.59. The molecule has 0 bridgehead atoms. The number of nitriles is 1. The number of carbonyl (C=O) groups is 4. The molecule has 2 aromatic carbocycles. The fourth-order valence-corrected chi connectivity index (χ4v) is 9.67. The molecule has 1 aliphatic carbocycles. The summed E-state index contributed by atoms with van der Waals surface area (Å²) >= 11 is 6.25. The first-order valence-corrected chi connectivity index (χ1v) is 20.4. The molecular weight excluding hydrogens is 758 g/mol. The van der Waals surface area contributed by atoms with Crippen molar-refractivity contribution in [1.82, 2.24) is 25.4 Å². The maximum absolute atomic E-state index is 13.5. The number of piperidine rings is 2. The van der Waals surface area contributed by atoms with Gasteiger partial charge in [0.2, 0.25) is 11.8 Å². The Morgan fingerprint density at radius 2 is 1.55 bits per heavy atom. The zero-order valence-corrected chi connectivity index (χ0v) is 34.3. The zero-order valence-electron chi connectivity index (χ0n) is 33.5. The lowest BCUT2D eigenvalue weighted by molar-refractivity contribution is -0.164. The number of aromatic nitrogens is 1. The minimum atomic E-state index is -0.811. The Morgan fingerprint density at radius 1 is 0.897 bits per heavy atom. The van der Waals surface area contributed by atoms with Crippen LogP contribution in [0.2, 0.25) is 5.02 Å². The average Bonchev–Trinajstić information content (AvgIpc) is 3.20. The highest BCUT2D eigenvalue weighted by Crippen LogP contribution is 2.55. The number of nitrogens with zero attached hydrogens (tertiary/aromatic N) is 5. The monoisotopic (exact) mass is 809 g/mol. The Bertz CT molecular complexity index is 2150. The van der Waals surface area contributed by atoms with Crippen LogP contribution in [0.5, 0.6) is 5.75 Å². The molecule has 3 aliphatic heterocycles. The van der Waals surface area contributed by atoms with Gasteiger partial charge in [0.05, 0.1) is 16.3 Å². The van der Waals surface area contributed by atoms with Gasteiger partial charge in [-0.25, -0.2) is 4.79 Å². The summed E-state index contributed by atoms with van der Waals surface area (Å²) in [7, 11) is 0. The highest BCUT2D eigenvalue weighted by atomic mass is 35.5. The Morgan fingerprint density at radius 3 is 2.19 bits per heavy atom. The lowest BCUT2D eigenvalue weighted by atomic mass is 9.49. The number of imide groups is 1. The number of carbonyl (C=O) groups excluding carboxylic acids is 4. The number of piperazine rings is 1. The van der Waals surface area contributed by atoms with E-state index in [1.807, 2.05) is 30.3 Å². The van der Waals surface area contributed by atoms with Crippen molar-refractivity contribution in [3.63, 3.8) is 0 Å². The second-order valence-electron chi connectivity index (χ2n) is 17.2. The largest absolute Gasteiger partial charge is 0.489 e. The lowest BCUT2D eigenvalue weighted by Crippen LogP contribution is -2.74. The molecule has 7 rings (SSSR count). The van der Waals surface area contributed by atoms with Crippen LogP contribution in [0.4, 0.5) is 16.2 Å². The fraction of sp³-hybridized carbons (Fsp3) is 0.488. The number of hydrogen-bond acceptors (Lipinski definition) is 10. The number of amides is 4. The molecule has 306 valence electrons. The molecular formula is C43H52ClN9O5. The van der Waals surface area contributed by atoms with Gasteiger partial charge >= 0.3 is 6.03 Å². The van der Waals surface area contributed by atoms with Crippen molar-refractivity contribution in [2.24, 2.45) is 16.7 Å². The molecule has 3 saturated heterocycles. The Kier molecular flexibility index (Phi) is 11.6. The van der Waals surface area contributed by atoms with Crippen molar-refractivity contribution in [2.75, 3.05) is 55.6 Å². The zero-order chi connectivity index (χ0) is 41.4. The van der Waals surface area contributed by atoms with E-state index >= 15 is 0 Å². The Hall–Kier alpha value is -5.39. The molecule has 0 spiro atoms. The van der Waals surface area contributed by atoms with Crippen molar-refractivity contribution >= 4 is 46.7 Å². The smallest absolute Gasteiger partial charge is 0.327 e.